The maximum atomic E-state index is 12.3. The van der Waals surface area contributed by atoms with Crippen molar-refractivity contribution in [3.8, 4) is 11.5 Å². The SMILES string of the molecule is CCOC(=O)C1CCN(Cn2nc(C34CC5CC(CC(C5)C3)C4)n(/N=C/c3cc(OC)c(OC)cc3[N+](=O)[O-])c2=S)CC1. The van der Waals surface area contributed by atoms with Crippen LogP contribution in [0.5, 0.6) is 11.5 Å². The van der Waals surface area contributed by atoms with Gasteiger partial charge in [-0.1, -0.05) is 0 Å². The molecular formula is C30H40N6O6S. The maximum Gasteiger partial charge on any atom is 0.309 e. The molecule has 0 radical (unpaired) electrons. The van der Waals surface area contributed by atoms with E-state index in [0.717, 1.165) is 51.0 Å². The predicted molar refractivity (Wildman–Crippen MR) is 161 cm³/mol. The van der Waals surface area contributed by atoms with Crippen molar-refractivity contribution in [2.45, 2.75) is 70.4 Å². The molecule has 0 unspecified atom stereocenters. The third kappa shape index (κ3) is 5.68. The number of rotatable bonds is 10. The van der Waals surface area contributed by atoms with Crippen LogP contribution in [0, 0.1) is 38.6 Å². The average Bonchev–Trinajstić information content (AvgIpc) is 3.30. The third-order valence-electron chi connectivity index (χ3n) is 9.91. The molecule has 232 valence electrons. The van der Waals surface area contributed by atoms with Gasteiger partial charge in [-0.05, 0) is 94.3 Å². The number of benzene rings is 1. The number of nitro benzene ring substituents is 1. The van der Waals surface area contributed by atoms with Gasteiger partial charge in [-0.15, -0.1) is 0 Å². The Labute approximate surface area is 256 Å². The summed E-state index contributed by atoms with van der Waals surface area (Å²) < 4.78 is 20.0. The van der Waals surface area contributed by atoms with Crippen molar-refractivity contribution < 1.29 is 23.9 Å². The summed E-state index contributed by atoms with van der Waals surface area (Å²) in [6.45, 7) is 4.20. The first-order valence-corrected chi connectivity index (χ1v) is 15.7. The van der Waals surface area contributed by atoms with Crippen LogP contribution in [0.4, 0.5) is 5.69 Å². The van der Waals surface area contributed by atoms with Gasteiger partial charge in [0.1, 0.15) is 0 Å². The zero-order chi connectivity index (χ0) is 30.3. The highest BCUT2D eigenvalue weighted by Gasteiger charge is 2.54. The van der Waals surface area contributed by atoms with Gasteiger partial charge in [-0.2, -0.15) is 14.9 Å². The van der Waals surface area contributed by atoms with Crippen LogP contribution >= 0.6 is 12.2 Å². The molecule has 5 fully saturated rings. The molecule has 12 nitrogen and oxygen atoms in total. The molecule has 1 saturated heterocycles. The van der Waals surface area contributed by atoms with E-state index in [9.17, 15) is 14.9 Å². The Hall–Kier alpha value is -3.32. The van der Waals surface area contributed by atoms with Crippen LogP contribution < -0.4 is 9.47 Å². The first-order chi connectivity index (χ1) is 20.7. The smallest absolute Gasteiger partial charge is 0.309 e. The van der Waals surface area contributed by atoms with E-state index in [1.165, 1.54) is 45.8 Å². The minimum absolute atomic E-state index is 0.0776. The summed E-state index contributed by atoms with van der Waals surface area (Å²) in [5, 5.41) is 21.9. The van der Waals surface area contributed by atoms with Crippen molar-refractivity contribution in [2.75, 3.05) is 33.9 Å². The Morgan fingerprint density at radius 2 is 1.72 bits per heavy atom. The zero-order valence-electron chi connectivity index (χ0n) is 25.1. The molecule has 2 aromatic rings. The summed E-state index contributed by atoms with van der Waals surface area (Å²) in [5.74, 6) is 3.39. The number of nitrogens with zero attached hydrogens (tertiary/aromatic N) is 6. The van der Waals surface area contributed by atoms with Gasteiger partial charge in [-0.3, -0.25) is 19.8 Å². The minimum Gasteiger partial charge on any atom is -0.493 e. The molecule has 43 heavy (non-hydrogen) atoms. The summed E-state index contributed by atoms with van der Waals surface area (Å²) in [6, 6.07) is 2.91. The molecule has 1 aliphatic heterocycles. The molecule has 5 aliphatic rings. The molecule has 7 rings (SSSR count). The zero-order valence-corrected chi connectivity index (χ0v) is 25.9. The molecular weight excluding hydrogens is 572 g/mol. The normalized spacial score (nSPS) is 27.1. The fourth-order valence-electron chi connectivity index (χ4n) is 8.34. The lowest BCUT2D eigenvalue weighted by Gasteiger charge is -2.55. The molecule has 0 N–H and O–H groups in total. The fraction of sp³-hybridized carbons (Fsp3) is 0.667. The molecule has 13 heteroatoms. The Balaban J connectivity index is 1.35. The van der Waals surface area contributed by atoms with Crippen LogP contribution in [0.1, 0.15) is 69.7 Å². The number of piperidine rings is 1. The Kier molecular flexibility index (Phi) is 8.29. The highest BCUT2D eigenvalue weighted by Crippen LogP contribution is 2.60. The van der Waals surface area contributed by atoms with Gasteiger partial charge in [0.15, 0.2) is 17.3 Å². The number of likely N-dealkylation sites (tertiary alicyclic amines) is 1. The number of carbonyl (C=O) groups excluding carboxylic acids is 1. The molecule has 0 amide bonds. The summed E-state index contributed by atoms with van der Waals surface area (Å²) >= 11 is 5.99. The van der Waals surface area contributed by atoms with Crippen molar-refractivity contribution >= 4 is 30.1 Å². The number of esters is 1. The molecule has 4 bridgehead atoms. The summed E-state index contributed by atoms with van der Waals surface area (Å²) in [7, 11) is 2.94. The molecule has 1 aromatic carbocycles. The number of ether oxygens (including phenoxy) is 3. The van der Waals surface area contributed by atoms with Crippen molar-refractivity contribution in [1.82, 2.24) is 19.4 Å². The third-order valence-corrected chi connectivity index (χ3v) is 10.3. The standard InChI is InChI=1S/C30H40N6O6S/c1-4-42-27(37)22-5-7-33(8-6-22)18-34-29(43)35(28(32-34)30-14-19-9-20(15-30)11-21(10-19)16-30)31-17-23-12-25(40-2)26(41-3)13-24(23)36(38)39/h12-13,17,19-22H,4-11,14-16,18H2,1-3H3/b31-17+. The summed E-state index contributed by atoms with van der Waals surface area (Å²) in [4.78, 5) is 26.0. The van der Waals surface area contributed by atoms with E-state index >= 15 is 0 Å². The monoisotopic (exact) mass is 612 g/mol. The van der Waals surface area contributed by atoms with E-state index in [4.69, 9.17) is 36.6 Å². The highest BCUT2D eigenvalue weighted by atomic mass is 32.1. The molecule has 1 aromatic heterocycles. The van der Waals surface area contributed by atoms with Crippen LogP contribution in [0.2, 0.25) is 0 Å². The minimum atomic E-state index is -0.452. The van der Waals surface area contributed by atoms with E-state index < -0.39 is 4.92 Å². The van der Waals surface area contributed by atoms with Gasteiger partial charge in [-0.25, -0.2) is 4.68 Å². The lowest BCUT2D eigenvalue weighted by molar-refractivity contribution is -0.385. The largest absolute Gasteiger partial charge is 0.493 e. The number of hydrogen-bond donors (Lipinski definition) is 0. The lowest BCUT2D eigenvalue weighted by atomic mass is 9.49. The van der Waals surface area contributed by atoms with E-state index in [0.29, 0.717) is 41.5 Å². The van der Waals surface area contributed by atoms with Crippen molar-refractivity contribution in [2.24, 2.45) is 28.8 Å². The quantitative estimate of drug-likeness (QED) is 0.121. The van der Waals surface area contributed by atoms with Crippen LogP contribution in [0.15, 0.2) is 17.2 Å². The van der Waals surface area contributed by atoms with Crippen molar-refractivity contribution in [1.29, 1.82) is 0 Å². The first-order valence-electron chi connectivity index (χ1n) is 15.3. The van der Waals surface area contributed by atoms with Gasteiger partial charge in [0, 0.05) is 18.5 Å². The van der Waals surface area contributed by atoms with Crippen LogP contribution in [0.3, 0.4) is 0 Å². The fourth-order valence-corrected chi connectivity index (χ4v) is 8.57. The van der Waals surface area contributed by atoms with E-state index in [-0.39, 0.29) is 34.3 Å². The van der Waals surface area contributed by atoms with Gasteiger partial charge in [0.25, 0.3) is 5.69 Å². The topological polar surface area (TPSA) is 126 Å². The summed E-state index contributed by atoms with van der Waals surface area (Å²) in [6.07, 6.45) is 10.0. The number of nitro groups is 1. The van der Waals surface area contributed by atoms with Gasteiger partial charge in [0.2, 0.25) is 4.77 Å². The second kappa shape index (κ2) is 12.0. The first kappa shape index (κ1) is 29.7. The van der Waals surface area contributed by atoms with E-state index in [2.05, 4.69) is 4.90 Å². The number of aromatic nitrogens is 3. The lowest BCUT2D eigenvalue weighted by Crippen LogP contribution is -2.49. The van der Waals surface area contributed by atoms with Crippen molar-refractivity contribution in [3.05, 3.63) is 38.4 Å². The molecule has 4 aliphatic carbocycles. The summed E-state index contributed by atoms with van der Waals surface area (Å²) in [5.41, 5.74) is 0.0432. The van der Waals surface area contributed by atoms with Crippen molar-refractivity contribution in [3.63, 3.8) is 0 Å². The second-order valence-corrected chi connectivity index (χ2v) is 13.0. The highest BCUT2D eigenvalue weighted by molar-refractivity contribution is 7.71. The Morgan fingerprint density at radius 1 is 1.12 bits per heavy atom. The predicted octanol–water partition coefficient (Wildman–Crippen LogP) is 4.92. The Morgan fingerprint density at radius 3 is 2.28 bits per heavy atom. The van der Waals surface area contributed by atoms with Crippen LogP contribution in [-0.2, 0) is 21.6 Å². The molecule has 0 spiro atoms. The second-order valence-electron chi connectivity index (χ2n) is 12.7. The molecule has 0 atom stereocenters. The number of carbonyl (C=O) groups is 1. The molecule has 2 heterocycles. The van der Waals surface area contributed by atoms with Gasteiger partial charge >= 0.3 is 5.97 Å². The number of methoxy groups -OCH3 is 2. The van der Waals surface area contributed by atoms with Crippen LogP contribution in [-0.4, -0.2) is 70.4 Å². The van der Waals surface area contributed by atoms with Gasteiger partial charge < -0.3 is 14.2 Å². The maximum absolute atomic E-state index is 12.3. The number of hydrogen-bond acceptors (Lipinski definition) is 10. The van der Waals surface area contributed by atoms with Crippen LogP contribution in [0.25, 0.3) is 0 Å². The molecule has 4 saturated carbocycles. The van der Waals surface area contributed by atoms with E-state index in [1.54, 1.807) is 10.7 Å². The van der Waals surface area contributed by atoms with E-state index in [1.807, 2.05) is 11.6 Å². The Bertz CT molecular complexity index is 1440. The average molecular weight is 613 g/mol. The van der Waals surface area contributed by atoms with Gasteiger partial charge in [0.05, 0.1) is 56.2 Å².